The van der Waals surface area contributed by atoms with Crippen molar-refractivity contribution in [1.82, 2.24) is 5.32 Å². The molecule has 12 heavy (non-hydrogen) atoms. The van der Waals surface area contributed by atoms with Crippen LogP contribution >= 0.6 is 0 Å². The molecule has 0 spiro atoms. The first kappa shape index (κ1) is 11.4. The Balaban J connectivity index is 3.60. The van der Waals surface area contributed by atoms with Crippen molar-refractivity contribution in [2.75, 3.05) is 0 Å². The van der Waals surface area contributed by atoms with Crippen molar-refractivity contribution in [2.24, 2.45) is 0 Å². The van der Waals surface area contributed by atoms with Gasteiger partial charge in [0.05, 0.1) is 0 Å². The van der Waals surface area contributed by atoms with Gasteiger partial charge in [0.15, 0.2) is 0 Å². The quantitative estimate of drug-likeness (QED) is 0.663. The second-order valence-corrected chi connectivity index (χ2v) is 4.21. The number of carbonyl (C=O) groups excluding carboxylic acids is 1. The third-order valence-corrected chi connectivity index (χ3v) is 1.46. The van der Waals surface area contributed by atoms with Crippen LogP contribution < -0.4 is 10.4 Å². The molecule has 0 saturated heterocycles. The predicted molar refractivity (Wildman–Crippen MR) is 46.6 cm³/mol. The van der Waals surface area contributed by atoms with Crippen LogP contribution in [0.1, 0.15) is 40.5 Å². The maximum absolute atomic E-state index is 10.1. The first-order valence-electron chi connectivity index (χ1n) is 4.29. The van der Waals surface area contributed by atoms with E-state index in [1.54, 1.807) is 0 Å². The fraction of sp³-hybridized carbons (Fsp3) is 0.889. The summed E-state index contributed by atoms with van der Waals surface area (Å²) in [5.74, 6) is -0.974. The van der Waals surface area contributed by atoms with Gasteiger partial charge in [0.25, 0.3) is 0 Å². The number of carboxylic acids is 1. The first-order chi connectivity index (χ1) is 5.31. The molecule has 0 aromatic rings. The molecular formula is C9H18NO2-. The van der Waals surface area contributed by atoms with Gasteiger partial charge in [0, 0.05) is 17.6 Å². The fourth-order valence-corrected chi connectivity index (χ4v) is 1.15. The van der Waals surface area contributed by atoms with Crippen LogP contribution in [0.25, 0.3) is 0 Å². The summed E-state index contributed by atoms with van der Waals surface area (Å²) in [6.45, 7) is 8.15. The summed E-state index contributed by atoms with van der Waals surface area (Å²) >= 11 is 0. The molecule has 1 N–H and O–H groups in total. The summed E-state index contributed by atoms with van der Waals surface area (Å²) < 4.78 is 0. The summed E-state index contributed by atoms with van der Waals surface area (Å²) in [4.78, 5) is 10.1. The molecule has 72 valence electrons. The highest BCUT2D eigenvalue weighted by molar-refractivity contribution is 5.64. The van der Waals surface area contributed by atoms with Crippen LogP contribution in [0.15, 0.2) is 0 Å². The number of hydrogen-bond donors (Lipinski definition) is 1. The molecule has 0 saturated carbocycles. The standard InChI is InChI=1S/C9H19NO2/c1-7(5-6-8(11)12)10-9(2,3)4/h7,10H,5-6H2,1-4H3,(H,11,12)/p-1. The Hall–Kier alpha value is -0.570. The van der Waals surface area contributed by atoms with Crippen molar-refractivity contribution < 1.29 is 9.90 Å². The summed E-state index contributed by atoms with van der Waals surface area (Å²) in [6.07, 6.45) is 0.754. The van der Waals surface area contributed by atoms with E-state index in [1.165, 1.54) is 0 Å². The largest absolute Gasteiger partial charge is 0.550 e. The maximum Gasteiger partial charge on any atom is 0.0414 e. The Labute approximate surface area is 74.2 Å². The van der Waals surface area contributed by atoms with Crippen molar-refractivity contribution in [3.63, 3.8) is 0 Å². The molecule has 1 atom stereocenters. The average molecular weight is 172 g/mol. The molecule has 0 rings (SSSR count). The van der Waals surface area contributed by atoms with Crippen LogP contribution in [-0.2, 0) is 4.79 Å². The van der Waals surface area contributed by atoms with E-state index in [4.69, 9.17) is 0 Å². The second kappa shape index (κ2) is 4.45. The summed E-state index contributed by atoms with van der Waals surface area (Å²) in [5, 5.41) is 13.4. The lowest BCUT2D eigenvalue weighted by Crippen LogP contribution is -2.42. The van der Waals surface area contributed by atoms with Crippen LogP contribution in [0.2, 0.25) is 0 Å². The van der Waals surface area contributed by atoms with Crippen molar-refractivity contribution in [2.45, 2.75) is 52.1 Å². The van der Waals surface area contributed by atoms with Crippen molar-refractivity contribution in [1.29, 1.82) is 0 Å². The fourth-order valence-electron chi connectivity index (χ4n) is 1.15. The van der Waals surface area contributed by atoms with E-state index in [0.29, 0.717) is 6.42 Å². The lowest BCUT2D eigenvalue weighted by atomic mass is 10.1. The number of nitrogens with one attached hydrogen (secondary N) is 1. The number of carboxylic acid groups (broad SMARTS) is 1. The monoisotopic (exact) mass is 172 g/mol. The molecule has 0 aromatic heterocycles. The summed E-state index contributed by atoms with van der Waals surface area (Å²) in [6, 6.07) is 0.225. The van der Waals surface area contributed by atoms with E-state index < -0.39 is 5.97 Å². The van der Waals surface area contributed by atoms with Gasteiger partial charge < -0.3 is 15.2 Å². The lowest BCUT2D eigenvalue weighted by molar-refractivity contribution is -0.305. The Bertz CT molecular complexity index is 149. The zero-order chi connectivity index (χ0) is 9.78. The van der Waals surface area contributed by atoms with E-state index in [1.807, 2.05) is 6.92 Å². The number of rotatable bonds is 4. The van der Waals surface area contributed by atoms with E-state index in [-0.39, 0.29) is 18.0 Å². The number of carbonyl (C=O) groups is 1. The molecule has 0 amide bonds. The lowest BCUT2D eigenvalue weighted by Gasteiger charge is -2.26. The highest BCUT2D eigenvalue weighted by Gasteiger charge is 2.12. The number of aliphatic carboxylic acids is 1. The smallest absolute Gasteiger partial charge is 0.0414 e. The zero-order valence-corrected chi connectivity index (χ0v) is 8.31. The highest BCUT2D eigenvalue weighted by atomic mass is 16.4. The topological polar surface area (TPSA) is 52.2 Å². The minimum atomic E-state index is -0.974. The molecule has 0 aliphatic heterocycles. The van der Waals surface area contributed by atoms with E-state index in [2.05, 4.69) is 26.1 Å². The molecule has 1 unspecified atom stereocenters. The maximum atomic E-state index is 10.1. The minimum absolute atomic E-state index is 0.0470. The molecule has 0 aliphatic carbocycles. The van der Waals surface area contributed by atoms with Gasteiger partial charge in [0.1, 0.15) is 0 Å². The Morgan fingerprint density at radius 2 is 2.00 bits per heavy atom. The van der Waals surface area contributed by atoms with Crippen molar-refractivity contribution >= 4 is 5.97 Å². The van der Waals surface area contributed by atoms with Gasteiger partial charge in [-0.3, -0.25) is 0 Å². The molecule has 0 heterocycles. The van der Waals surface area contributed by atoms with Crippen molar-refractivity contribution in [3.8, 4) is 0 Å². The van der Waals surface area contributed by atoms with Crippen LogP contribution in [0.4, 0.5) is 0 Å². The molecule has 0 fully saturated rings. The Kier molecular flexibility index (Phi) is 4.24. The molecule has 3 heteroatoms. The first-order valence-corrected chi connectivity index (χ1v) is 4.29. The van der Waals surface area contributed by atoms with Gasteiger partial charge in [-0.1, -0.05) is 0 Å². The number of hydrogen-bond acceptors (Lipinski definition) is 3. The third kappa shape index (κ3) is 7.54. The second-order valence-electron chi connectivity index (χ2n) is 4.21. The van der Waals surface area contributed by atoms with Gasteiger partial charge in [-0.25, -0.2) is 0 Å². The van der Waals surface area contributed by atoms with E-state index in [0.717, 1.165) is 0 Å². The highest BCUT2D eigenvalue weighted by Crippen LogP contribution is 2.04. The molecule has 0 aliphatic rings. The van der Waals surface area contributed by atoms with Crippen LogP contribution in [0, 0.1) is 0 Å². The Morgan fingerprint density at radius 3 is 2.33 bits per heavy atom. The summed E-state index contributed by atoms with van der Waals surface area (Å²) in [7, 11) is 0. The van der Waals surface area contributed by atoms with Crippen LogP contribution in [-0.4, -0.2) is 17.6 Å². The SMILES string of the molecule is CC(CCC(=O)[O-])NC(C)(C)C. The zero-order valence-electron chi connectivity index (χ0n) is 8.31. The molecule has 0 bridgehead atoms. The third-order valence-electron chi connectivity index (χ3n) is 1.46. The molecule has 0 aromatic carbocycles. The predicted octanol–water partition coefficient (Wildman–Crippen LogP) is 0.293. The van der Waals surface area contributed by atoms with Gasteiger partial charge in [-0.05, 0) is 40.5 Å². The van der Waals surface area contributed by atoms with Gasteiger partial charge in [0.2, 0.25) is 0 Å². The molecule has 3 nitrogen and oxygen atoms in total. The average Bonchev–Trinajstić information content (AvgIpc) is 1.79. The van der Waals surface area contributed by atoms with Gasteiger partial charge >= 0.3 is 0 Å². The van der Waals surface area contributed by atoms with Gasteiger partial charge in [-0.2, -0.15) is 0 Å². The van der Waals surface area contributed by atoms with Crippen LogP contribution in [0.5, 0.6) is 0 Å². The van der Waals surface area contributed by atoms with E-state index in [9.17, 15) is 9.90 Å². The van der Waals surface area contributed by atoms with Gasteiger partial charge in [-0.15, -0.1) is 0 Å². The van der Waals surface area contributed by atoms with E-state index >= 15 is 0 Å². The molecular weight excluding hydrogens is 154 g/mol. The Morgan fingerprint density at radius 1 is 1.50 bits per heavy atom. The molecule has 0 radical (unpaired) electrons. The summed E-state index contributed by atoms with van der Waals surface area (Å²) in [5.41, 5.74) is 0.0470. The normalized spacial score (nSPS) is 14.3. The van der Waals surface area contributed by atoms with Crippen LogP contribution in [0.3, 0.4) is 0 Å². The minimum Gasteiger partial charge on any atom is -0.550 e. The van der Waals surface area contributed by atoms with Crippen molar-refractivity contribution in [3.05, 3.63) is 0 Å².